The summed E-state index contributed by atoms with van der Waals surface area (Å²) in [5, 5.41) is 11.6. The molecular formula is C13H11ClFN5O. The number of nitrogens with one attached hydrogen (secondary N) is 1. The summed E-state index contributed by atoms with van der Waals surface area (Å²) >= 11 is 5.76. The van der Waals surface area contributed by atoms with Crippen molar-refractivity contribution < 1.29 is 9.13 Å². The van der Waals surface area contributed by atoms with Crippen molar-refractivity contribution in [1.29, 1.82) is 5.26 Å². The van der Waals surface area contributed by atoms with Gasteiger partial charge in [-0.05, 0) is 36.2 Å². The average Bonchev–Trinajstić information content (AvgIpc) is 2.46. The largest absolute Gasteiger partial charge is 0.421 e. The maximum absolute atomic E-state index is 13.7. The van der Waals surface area contributed by atoms with E-state index in [1.807, 2.05) is 13.0 Å². The molecule has 0 saturated carbocycles. The highest BCUT2D eigenvalue weighted by Gasteiger charge is 2.10. The van der Waals surface area contributed by atoms with E-state index in [9.17, 15) is 4.39 Å². The number of aromatic nitrogens is 3. The van der Waals surface area contributed by atoms with Crippen molar-refractivity contribution >= 4 is 17.5 Å². The molecule has 0 fully saturated rings. The molecule has 6 nitrogen and oxygen atoms in total. The van der Waals surface area contributed by atoms with Gasteiger partial charge < -0.3 is 10.1 Å². The predicted molar refractivity (Wildman–Crippen MR) is 74.8 cm³/mol. The lowest BCUT2D eigenvalue weighted by Crippen LogP contribution is -2.06. The molecule has 1 aromatic carbocycles. The summed E-state index contributed by atoms with van der Waals surface area (Å²) in [6.07, 6.45) is 0.879. The molecular weight excluding hydrogens is 297 g/mol. The molecule has 1 heterocycles. The summed E-state index contributed by atoms with van der Waals surface area (Å²) in [6, 6.07) is 5.52. The first-order valence-corrected chi connectivity index (χ1v) is 6.53. The predicted octanol–water partition coefficient (Wildman–Crippen LogP) is 3.15. The van der Waals surface area contributed by atoms with Crippen LogP contribution >= 0.6 is 11.6 Å². The molecule has 0 saturated heterocycles. The van der Waals surface area contributed by atoms with Crippen molar-refractivity contribution in [3.63, 3.8) is 0 Å². The fourth-order valence-electron chi connectivity index (χ4n) is 1.44. The lowest BCUT2D eigenvalue weighted by Gasteiger charge is -2.07. The molecule has 0 bridgehead atoms. The second kappa shape index (κ2) is 6.81. The summed E-state index contributed by atoms with van der Waals surface area (Å²) in [5.74, 6) is -0.535. The first kappa shape index (κ1) is 14.9. The summed E-state index contributed by atoms with van der Waals surface area (Å²) in [7, 11) is 0. The van der Waals surface area contributed by atoms with Crippen LogP contribution in [0.5, 0.6) is 11.8 Å². The third-order valence-electron chi connectivity index (χ3n) is 2.38. The minimum atomic E-state index is -0.686. The van der Waals surface area contributed by atoms with E-state index in [-0.39, 0.29) is 28.6 Å². The molecule has 0 amide bonds. The molecule has 8 heteroatoms. The molecule has 0 radical (unpaired) electrons. The molecule has 0 spiro atoms. The smallest absolute Gasteiger partial charge is 0.328 e. The van der Waals surface area contributed by atoms with Crippen LogP contribution in [0, 0.1) is 17.1 Å². The summed E-state index contributed by atoms with van der Waals surface area (Å²) < 4.78 is 19.0. The number of nitriles is 1. The molecule has 0 aliphatic carbocycles. The molecule has 0 atom stereocenters. The molecule has 0 aliphatic rings. The maximum atomic E-state index is 13.7. The first-order valence-electron chi connectivity index (χ1n) is 6.15. The van der Waals surface area contributed by atoms with Gasteiger partial charge in [-0.2, -0.15) is 20.2 Å². The van der Waals surface area contributed by atoms with Crippen LogP contribution in [-0.2, 0) is 0 Å². The Morgan fingerprint density at radius 2 is 2.19 bits per heavy atom. The molecule has 0 unspecified atom stereocenters. The lowest BCUT2D eigenvalue weighted by atomic mass is 10.2. The number of hydrogen-bond donors (Lipinski definition) is 1. The van der Waals surface area contributed by atoms with Gasteiger partial charge in [0.05, 0.1) is 11.6 Å². The highest BCUT2D eigenvalue weighted by Crippen LogP contribution is 2.23. The number of ether oxygens (including phenoxy) is 1. The van der Waals surface area contributed by atoms with Crippen LogP contribution in [0.25, 0.3) is 0 Å². The molecule has 2 aromatic rings. The Morgan fingerprint density at radius 1 is 1.38 bits per heavy atom. The van der Waals surface area contributed by atoms with Crippen LogP contribution in [0.15, 0.2) is 18.2 Å². The van der Waals surface area contributed by atoms with Crippen LogP contribution in [-0.4, -0.2) is 21.5 Å². The van der Waals surface area contributed by atoms with Crippen molar-refractivity contribution in [2.45, 2.75) is 13.3 Å². The van der Waals surface area contributed by atoms with Gasteiger partial charge in [0.2, 0.25) is 11.2 Å². The van der Waals surface area contributed by atoms with Crippen molar-refractivity contribution in [1.82, 2.24) is 15.0 Å². The number of anilines is 1. The minimum Gasteiger partial charge on any atom is -0.421 e. The quantitative estimate of drug-likeness (QED) is 0.913. The van der Waals surface area contributed by atoms with E-state index in [1.165, 1.54) is 12.1 Å². The minimum absolute atomic E-state index is 0.0624. The SMILES string of the molecule is CCCNc1nc(Cl)nc(Oc2ccc(C#N)cc2F)n1. The van der Waals surface area contributed by atoms with Gasteiger partial charge in [-0.3, -0.25) is 0 Å². The van der Waals surface area contributed by atoms with E-state index in [0.29, 0.717) is 6.54 Å². The van der Waals surface area contributed by atoms with Gasteiger partial charge in [0.15, 0.2) is 11.6 Å². The standard InChI is InChI=1S/C13H11ClFN5O/c1-2-5-17-12-18-11(14)19-13(20-12)21-10-4-3-8(7-16)6-9(10)15/h3-4,6H,2,5H2,1H3,(H,17,18,19,20). The Morgan fingerprint density at radius 3 is 2.86 bits per heavy atom. The first-order chi connectivity index (χ1) is 10.1. The van der Waals surface area contributed by atoms with Crippen molar-refractivity contribution in [3.05, 3.63) is 34.9 Å². The van der Waals surface area contributed by atoms with Crippen LogP contribution in [0.1, 0.15) is 18.9 Å². The van der Waals surface area contributed by atoms with Crippen LogP contribution in [0.4, 0.5) is 10.3 Å². The number of benzene rings is 1. The molecule has 108 valence electrons. The zero-order chi connectivity index (χ0) is 15.2. The fourth-order valence-corrected chi connectivity index (χ4v) is 1.60. The monoisotopic (exact) mass is 307 g/mol. The molecule has 2 rings (SSSR count). The van der Waals surface area contributed by atoms with E-state index in [4.69, 9.17) is 21.6 Å². The highest BCUT2D eigenvalue weighted by atomic mass is 35.5. The van der Waals surface area contributed by atoms with Gasteiger partial charge in [-0.1, -0.05) is 6.92 Å². The van der Waals surface area contributed by atoms with Gasteiger partial charge in [-0.15, -0.1) is 0 Å². The van der Waals surface area contributed by atoms with Crippen molar-refractivity contribution in [3.8, 4) is 17.8 Å². The molecule has 1 aromatic heterocycles. The number of halogens is 2. The van der Waals surface area contributed by atoms with Crippen LogP contribution in [0.3, 0.4) is 0 Å². The third-order valence-corrected chi connectivity index (χ3v) is 2.55. The van der Waals surface area contributed by atoms with Gasteiger partial charge in [0.25, 0.3) is 0 Å². The number of rotatable bonds is 5. The summed E-state index contributed by atoms with van der Waals surface area (Å²) in [5.41, 5.74) is 0.193. The van der Waals surface area contributed by atoms with Gasteiger partial charge in [0.1, 0.15) is 0 Å². The average molecular weight is 308 g/mol. The Kier molecular flexibility index (Phi) is 4.85. The third kappa shape index (κ3) is 4.00. The molecule has 21 heavy (non-hydrogen) atoms. The van der Waals surface area contributed by atoms with Crippen molar-refractivity contribution in [2.75, 3.05) is 11.9 Å². The van der Waals surface area contributed by atoms with Crippen LogP contribution < -0.4 is 10.1 Å². The Balaban J connectivity index is 2.23. The zero-order valence-electron chi connectivity index (χ0n) is 11.1. The van der Waals surface area contributed by atoms with Crippen molar-refractivity contribution in [2.24, 2.45) is 0 Å². The molecule has 1 N–H and O–H groups in total. The van der Waals surface area contributed by atoms with Gasteiger partial charge in [-0.25, -0.2) is 4.39 Å². The van der Waals surface area contributed by atoms with Gasteiger partial charge in [0, 0.05) is 6.54 Å². The summed E-state index contributed by atoms with van der Waals surface area (Å²) in [6.45, 7) is 2.64. The van der Waals surface area contributed by atoms with Gasteiger partial charge >= 0.3 is 6.01 Å². The van der Waals surface area contributed by atoms with E-state index in [2.05, 4.69) is 20.3 Å². The second-order valence-corrected chi connectivity index (χ2v) is 4.33. The Labute approximate surface area is 125 Å². The fraction of sp³-hybridized carbons (Fsp3) is 0.231. The van der Waals surface area contributed by atoms with E-state index in [0.717, 1.165) is 12.5 Å². The zero-order valence-corrected chi connectivity index (χ0v) is 11.9. The maximum Gasteiger partial charge on any atom is 0.328 e. The highest BCUT2D eigenvalue weighted by molar-refractivity contribution is 6.28. The lowest BCUT2D eigenvalue weighted by molar-refractivity contribution is 0.410. The summed E-state index contributed by atoms with van der Waals surface area (Å²) in [4.78, 5) is 11.6. The molecule has 0 aliphatic heterocycles. The van der Waals surface area contributed by atoms with E-state index >= 15 is 0 Å². The topological polar surface area (TPSA) is 83.7 Å². The number of nitrogens with zero attached hydrogens (tertiary/aromatic N) is 4. The normalized spacial score (nSPS) is 10.0. The second-order valence-electron chi connectivity index (χ2n) is 4.00. The van der Waals surface area contributed by atoms with E-state index < -0.39 is 5.82 Å². The Hall–Kier alpha value is -2.46. The van der Waals surface area contributed by atoms with E-state index in [1.54, 1.807) is 0 Å². The Bertz CT molecular complexity index is 689. The number of hydrogen-bond acceptors (Lipinski definition) is 6. The van der Waals surface area contributed by atoms with Crippen LogP contribution in [0.2, 0.25) is 5.28 Å².